The summed E-state index contributed by atoms with van der Waals surface area (Å²) < 4.78 is 2.18. The van der Waals surface area contributed by atoms with E-state index in [1.807, 2.05) is 13.8 Å². The van der Waals surface area contributed by atoms with Crippen molar-refractivity contribution in [1.29, 1.82) is 0 Å². The number of rotatable bonds is 6. The van der Waals surface area contributed by atoms with Crippen LogP contribution in [0.15, 0.2) is 12.3 Å². The van der Waals surface area contributed by atoms with Crippen LogP contribution in [0.3, 0.4) is 0 Å². The molecule has 2 aromatic rings. The molecule has 1 heterocycles. The molecule has 0 saturated carbocycles. The highest BCUT2D eigenvalue weighted by atomic mass is 16.4. The second-order valence-electron chi connectivity index (χ2n) is 5.42. The second kappa shape index (κ2) is 6.28. The second-order valence-corrected chi connectivity index (χ2v) is 5.42. The summed E-state index contributed by atoms with van der Waals surface area (Å²) in [6.45, 7) is 5.85. The first kappa shape index (κ1) is 15.5. The van der Waals surface area contributed by atoms with E-state index in [4.69, 9.17) is 11.5 Å². The van der Waals surface area contributed by atoms with Crippen LogP contribution in [0.25, 0.3) is 10.9 Å². The minimum absolute atomic E-state index is 0.370. The van der Waals surface area contributed by atoms with Crippen LogP contribution in [-0.2, 0) is 13.0 Å². The summed E-state index contributed by atoms with van der Waals surface area (Å²) in [5, 5.41) is 10.4. The highest BCUT2D eigenvalue weighted by Gasteiger charge is 2.18. The van der Waals surface area contributed by atoms with Crippen molar-refractivity contribution in [3.05, 3.63) is 34.5 Å². The van der Waals surface area contributed by atoms with Gasteiger partial charge in [0.05, 0.1) is 11.1 Å². The first-order valence-corrected chi connectivity index (χ1v) is 7.26. The van der Waals surface area contributed by atoms with Gasteiger partial charge in [-0.2, -0.15) is 0 Å². The van der Waals surface area contributed by atoms with Crippen molar-refractivity contribution in [2.24, 2.45) is 11.5 Å². The lowest BCUT2D eigenvalue weighted by Gasteiger charge is -2.10. The maximum Gasteiger partial charge on any atom is 0.335 e. The number of nitrogens with two attached hydrogens (primary N) is 2. The lowest BCUT2D eigenvalue weighted by atomic mass is 9.97. The SMILES string of the molecule is Cc1c(C(=O)O)cc(C)c2c1c(CCN)cn2CCCN. The molecule has 0 unspecified atom stereocenters. The smallest absolute Gasteiger partial charge is 0.335 e. The number of hydrogen-bond acceptors (Lipinski definition) is 3. The first-order chi connectivity index (χ1) is 10.0. The first-order valence-electron chi connectivity index (χ1n) is 7.26. The number of hydrogen-bond donors (Lipinski definition) is 3. The topological polar surface area (TPSA) is 94.3 Å². The molecule has 5 heteroatoms. The Labute approximate surface area is 124 Å². The van der Waals surface area contributed by atoms with Gasteiger partial charge in [0.2, 0.25) is 0 Å². The molecular formula is C16H23N3O2. The number of aryl methyl sites for hydroxylation is 3. The summed E-state index contributed by atoms with van der Waals surface area (Å²) in [6.07, 6.45) is 3.74. The zero-order valence-electron chi connectivity index (χ0n) is 12.6. The molecule has 21 heavy (non-hydrogen) atoms. The molecule has 114 valence electrons. The number of carboxylic acids is 1. The van der Waals surface area contributed by atoms with Crippen molar-refractivity contribution in [3.63, 3.8) is 0 Å². The maximum atomic E-state index is 11.4. The van der Waals surface area contributed by atoms with Gasteiger partial charge >= 0.3 is 5.97 Å². The summed E-state index contributed by atoms with van der Waals surface area (Å²) in [5.74, 6) is -0.883. The van der Waals surface area contributed by atoms with E-state index in [-0.39, 0.29) is 0 Å². The maximum absolute atomic E-state index is 11.4. The van der Waals surface area contributed by atoms with Gasteiger partial charge in [-0.25, -0.2) is 4.79 Å². The fourth-order valence-corrected chi connectivity index (χ4v) is 2.99. The lowest BCUT2D eigenvalue weighted by Crippen LogP contribution is -2.06. The van der Waals surface area contributed by atoms with Crippen LogP contribution in [0, 0.1) is 13.8 Å². The summed E-state index contributed by atoms with van der Waals surface area (Å²) >= 11 is 0. The van der Waals surface area contributed by atoms with Crippen LogP contribution >= 0.6 is 0 Å². The van der Waals surface area contributed by atoms with Gasteiger partial charge in [0, 0.05) is 18.1 Å². The van der Waals surface area contributed by atoms with Crippen LogP contribution in [0.1, 0.15) is 33.5 Å². The van der Waals surface area contributed by atoms with Crippen molar-refractivity contribution in [2.75, 3.05) is 13.1 Å². The fraction of sp³-hybridized carbons (Fsp3) is 0.438. The summed E-state index contributed by atoms with van der Waals surface area (Å²) in [7, 11) is 0. The molecular weight excluding hydrogens is 266 g/mol. The molecule has 0 radical (unpaired) electrons. The van der Waals surface area contributed by atoms with Gasteiger partial charge < -0.3 is 21.1 Å². The molecule has 2 rings (SSSR count). The summed E-state index contributed by atoms with van der Waals surface area (Å²) in [6, 6.07) is 1.76. The molecule has 1 aromatic heterocycles. The molecule has 0 saturated heterocycles. The Kier molecular flexibility index (Phi) is 4.65. The fourth-order valence-electron chi connectivity index (χ4n) is 2.99. The molecule has 0 fully saturated rings. The molecule has 0 amide bonds. The van der Waals surface area contributed by atoms with Crippen LogP contribution in [0.2, 0.25) is 0 Å². The number of aromatic carboxylic acids is 1. The van der Waals surface area contributed by atoms with Crippen LogP contribution in [0.5, 0.6) is 0 Å². The molecule has 0 spiro atoms. The van der Waals surface area contributed by atoms with E-state index < -0.39 is 5.97 Å². The highest BCUT2D eigenvalue weighted by Crippen LogP contribution is 2.31. The van der Waals surface area contributed by atoms with Crippen LogP contribution in [0.4, 0.5) is 0 Å². The summed E-state index contributed by atoms with van der Waals surface area (Å²) in [4.78, 5) is 11.4. The quantitative estimate of drug-likeness (QED) is 0.756. The van der Waals surface area contributed by atoms with Gasteiger partial charge in [0.25, 0.3) is 0 Å². The predicted octanol–water partition coefficient (Wildman–Crippen LogP) is 1.81. The number of carbonyl (C=O) groups is 1. The van der Waals surface area contributed by atoms with E-state index in [0.717, 1.165) is 47.0 Å². The number of aromatic nitrogens is 1. The molecule has 0 aliphatic carbocycles. The lowest BCUT2D eigenvalue weighted by molar-refractivity contribution is 0.0696. The Bertz CT molecular complexity index is 674. The molecule has 0 aliphatic heterocycles. The molecule has 1 aromatic carbocycles. The number of carboxylic acid groups (broad SMARTS) is 1. The van der Waals surface area contributed by atoms with Crippen molar-refractivity contribution in [2.45, 2.75) is 33.2 Å². The van der Waals surface area contributed by atoms with Crippen LogP contribution < -0.4 is 11.5 Å². The average Bonchev–Trinajstić information content (AvgIpc) is 2.80. The van der Waals surface area contributed by atoms with Crippen molar-refractivity contribution in [3.8, 4) is 0 Å². The molecule has 0 atom stereocenters. The standard InChI is InChI=1S/C16H23N3O2/c1-10-8-13(16(20)21)11(2)14-12(4-6-18)9-19(15(10)14)7-3-5-17/h8-9H,3-7,17-18H2,1-2H3,(H,20,21). The van der Waals surface area contributed by atoms with E-state index in [9.17, 15) is 9.90 Å². The van der Waals surface area contributed by atoms with Crippen molar-refractivity contribution < 1.29 is 9.90 Å². The van der Waals surface area contributed by atoms with Gasteiger partial charge in [-0.15, -0.1) is 0 Å². The average molecular weight is 289 g/mol. The van der Waals surface area contributed by atoms with E-state index in [2.05, 4.69) is 10.8 Å². The zero-order chi connectivity index (χ0) is 15.6. The van der Waals surface area contributed by atoms with Crippen LogP contribution in [-0.4, -0.2) is 28.7 Å². The molecule has 0 aliphatic rings. The van der Waals surface area contributed by atoms with Gasteiger partial charge in [0.15, 0.2) is 0 Å². The Morgan fingerprint density at radius 3 is 2.57 bits per heavy atom. The number of benzene rings is 1. The van der Waals surface area contributed by atoms with Crippen molar-refractivity contribution in [1.82, 2.24) is 4.57 Å². The van der Waals surface area contributed by atoms with Gasteiger partial charge in [-0.3, -0.25) is 0 Å². The predicted molar refractivity (Wildman–Crippen MR) is 84.8 cm³/mol. The summed E-state index contributed by atoms with van der Waals surface area (Å²) in [5.41, 5.74) is 15.7. The minimum atomic E-state index is -0.883. The molecule has 0 bridgehead atoms. The Morgan fingerprint density at radius 1 is 1.29 bits per heavy atom. The van der Waals surface area contributed by atoms with Gasteiger partial charge in [-0.1, -0.05) is 0 Å². The number of nitrogens with zero attached hydrogens (tertiary/aromatic N) is 1. The van der Waals surface area contributed by atoms with E-state index in [1.54, 1.807) is 6.07 Å². The Hall–Kier alpha value is -1.85. The minimum Gasteiger partial charge on any atom is -0.478 e. The van der Waals surface area contributed by atoms with Crippen molar-refractivity contribution >= 4 is 16.9 Å². The normalized spacial score (nSPS) is 11.2. The Balaban J connectivity index is 2.74. The van der Waals surface area contributed by atoms with E-state index in [0.29, 0.717) is 18.7 Å². The monoisotopic (exact) mass is 289 g/mol. The van der Waals surface area contributed by atoms with E-state index in [1.165, 1.54) is 0 Å². The van der Waals surface area contributed by atoms with Gasteiger partial charge in [-0.05, 0) is 62.5 Å². The molecule has 5 N–H and O–H groups in total. The number of fused-ring (bicyclic) bond motifs is 1. The third kappa shape index (κ3) is 2.80. The third-order valence-corrected chi connectivity index (χ3v) is 3.92. The third-order valence-electron chi connectivity index (χ3n) is 3.92. The van der Waals surface area contributed by atoms with E-state index >= 15 is 0 Å². The Morgan fingerprint density at radius 2 is 2.00 bits per heavy atom. The van der Waals surface area contributed by atoms with Gasteiger partial charge in [0.1, 0.15) is 0 Å². The largest absolute Gasteiger partial charge is 0.478 e. The highest BCUT2D eigenvalue weighted by molar-refractivity contribution is 6.00. The zero-order valence-corrected chi connectivity index (χ0v) is 12.6. The molecule has 5 nitrogen and oxygen atoms in total.